The zero-order valence-electron chi connectivity index (χ0n) is 16.9. The normalized spacial score (nSPS) is 10.5. The number of hydrogen-bond acceptors (Lipinski definition) is 6. The molecule has 0 radical (unpaired) electrons. The number of rotatable bonds is 8. The van der Waals surface area contributed by atoms with Crippen molar-refractivity contribution in [2.45, 2.75) is 27.7 Å². The SMILES string of the molecule is Cc1ccc([N+](=O)[O-])c(NC(=O)COC(=O)c2cccc(OCC(C)C)c2)c1C. The summed E-state index contributed by atoms with van der Waals surface area (Å²) in [6, 6.07) is 9.41. The maximum absolute atomic E-state index is 12.2. The third kappa shape index (κ3) is 6.03. The fourth-order valence-corrected chi connectivity index (χ4v) is 2.48. The molecule has 1 N–H and O–H groups in total. The molecule has 8 heteroatoms. The number of esters is 1. The quantitative estimate of drug-likeness (QED) is 0.407. The van der Waals surface area contributed by atoms with Crippen molar-refractivity contribution in [3.63, 3.8) is 0 Å². The minimum Gasteiger partial charge on any atom is -0.493 e. The van der Waals surface area contributed by atoms with E-state index in [1.165, 1.54) is 12.1 Å². The number of anilines is 1. The number of carbonyl (C=O) groups is 2. The van der Waals surface area contributed by atoms with Gasteiger partial charge in [0.2, 0.25) is 0 Å². The summed E-state index contributed by atoms with van der Waals surface area (Å²) in [5, 5.41) is 13.7. The van der Waals surface area contributed by atoms with Crippen LogP contribution in [0.5, 0.6) is 5.75 Å². The second-order valence-corrected chi connectivity index (χ2v) is 7.02. The number of ether oxygens (including phenoxy) is 2. The summed E-state index contributed by atoms with van der Waals surface area (Å²) in [5.41, 5.74) is 1.50. The largest absolute Gasteiger partial charge is 0.493 e. The molecule has 0 aliphatic heterocycles. The Kier molecular flexibility index (Phi) is 7.30. The lowest BCUT2D eigenvalue weighted by Crippen LogP contribution is -2.22. The first-order chi connectivity index (χ1) is 13.7. The van der Waals surface area contributed by atoms with Crippen LogP contribution in [0.1, 0.15) is 35.3 Å². The van der Waals surface area contributed by atoms with Gasteiger partial charge in [0.1, 0.15) is 11.4 Å². The van der Waals surface area contributed by atoms with E-state index in [0.717, 1.165) is 5.56 Å². The van der Waals surface area contributed by atoms with E-state index in [9.17, 15) is 19.7 Å². The zero-order chi connectivity index (χ0) is 21.6. The summed E-state index contributed by atoms with van der Waals surface area (Å²) in [7, 11) is 0. The van der Waals surface area contributed by atoms with Crippen molar-refractivity contribution in [1.82, 2.24) is 0 Å². The van der Waals surface area contributed by atoms with Gasteiger partial charge in [0.15, 0.2) is 6.61 Å². The Morgan fingerprint density at radius 1 is 1.17 bits per heavy atom. The molecule has 0 saturated heterocycles. The lowest BCUT2D eigenvalue weighted by Gasteiger charge is -2.12. The van der Waals surface area contributed by atoms with Gasteiger partial charge in [-0.1, -0.05) is 26.0 Å². The molecule has 0 unspecified atom stereocenters. The van der Waals surface area contributed by atoms with Crippen LogP contribution in [-0.2, 0) is 9.53 Å². The minimum absolute atomic E-state index is 0.0973. The highest BCUT2D eigenvalue weighted by atomic mass is 16.6. The first-order valence-electron chi connectivity index (χ1n) is 9.13. The monoisotopic (exact) mass is 400 g/mol. The van der Waals surface area contributed by atoms with Crippen LogP contribution in [0.4, 0.5) is 11.4 Å². The number of nitro groups is 1. The fourth-order valence-electron chi connectivity index (χ4n) is 2.48. The van der Waals surface area contributed by atoms with E-state index in [1.54, 1.807) is 38.1 Å². The topological polar surface area (TPSA) is 108 Å². The van der Waals surface area contributed by atoms with Gasteiger partial charge in [-0.3, -0.25) is 14.9 Å². The molecular formula is C21H24N2O6. The first-order valence-corrected chi connectivity index (χ1v) is 9.13. The maximum Gasteiger partial charge on any atom is 0.338 e. The Morgan fingerprint density at radius 2 is 1.90 bits per heavy atom. The van der Waals surface area contributed by atoms with Crippen molar-refractivity contribution in [2.75, 3.05) is 18.5 Å². The summed E-state index contributed by atoms with van der Waals surface area (Å²) in [4.78, 5) is 35.0. The fraction of sp³-hybridized carbons (Fsp3) is 0.333. The number of carbonyl (C=O) groups excluding carboxylic acids is 2. The van der Waals surface area contributed by atoms with Gasteiger partial charge < -0.3 is 14.8 Å². The molecule has 0 aliphatic rings. The van der Waals surface area contributed by atoms with E-state index < -0.39 is 23.4 Å². The van der Waals surface area contributed by atoms with Crippen LogP contribution in [0.25, 0.3) is 0 Å². The van der Waals surface area contributed by atoms with E-state index >= 15 is 0 Å². The Labute approximate surface area is 169 Å². The van der Waals surface area contributed by atoms with Crippen molar-refractivity contribution in [1.29, 1.82) is 0 Å². The van der Waals surface area contributed by atoms with Crippen molar-refractivity contribution in [2.24, 2.45) is 5.92 Å². The van der Waals surface area contributed by atoms with E-state index in [4.69, 9.17) is 9.47 Å². The smallest absolute Gasteiger partial charge is 0.338 e. The average Bonchev–Trinajstić information content (AvgIpc) is 2.68. The summed E-state index contributed by atoms with van der Waals surface area (Å²) in [6.45, 7) is 7.42. The molecular weight excluding hydrogens is 376 g/mol. The van der Waals surface area contributed by atoms with Crippen molar-refractivity contribution >= 4 is 23.3 Å². The third-order valence-corrected chi connectivity index (χ3v) is 4.16. The van der Waals surface area contributed by atoms with Crippen molar-refractivity contribution in [3.8, 4) is 5.75 Å². The van der Waals surface area contributed by atoms with E-state index in [1.807, 2.05) is 13.8 Å². The van der Waals surface area contributed by atoms with Gasteiger partial charge in [0.05, 0.1) is 17.1 Å². The van der Waals surface area contributed by atoms with Crippen LogP contribution in [0, 0.1) is 29.9 Å². The van der Waals surface area contributed by atoms with Crippen LogP contribution in [0.3, 0.4) is 0 Å². The van der Waals surface area contributed by atoms with Crippen LogP contribution in [0.15, 0.2) is 36.4 Å². The summed E-state index contributed by atoms with van der Waals surface area (Å²) < 4.78 is 10.6. The molecule has 2 rings (SSSR count). The molecule has 0 heterocycles. The number of nitro benzene ring substituents is 1. The molecule has 0 bridgehead atoms. The highest BCUT2D eigenvalue weighted by molar-refractivity contribution is 5.97. The number of benzene rings is 2. The van der Waals surface area contributed by atoms with Crippen molar-refractivity contribution in [3.05, 3.63) is 63.2 Å². The van der Waals surface area contributed by atoms with Gasteiger partial charge in [-0.25, -0.2) is 4.79 Å². The summed E-state index contributed by atoms with van der Waals surface area (Å²) in [6.07, 6.45) is 0. The van der Waals surface area contributed by atoms with Crippen LogP contribution in [-0.4, -0.2) is 30.0 Å². The molecule has 8 nitrogen and oxygen atoms in total. The number of hydrogen-bond donors (Lipinski definition) is 1. The summed E-state index contributed by atoms with van der Waals surface area (Å²) >= 11 is 0. The Morgan fingerprint density at radius 3 is 2.55 bits per heavy atom. The lowest BCUT2D eigenvalue weighted by molar-refractivity contribution is -0.384. The standard InChI is InChI=1S/C21H24N2O6/c1-13(2)11-28-17-7-5-6-16(10-17)21(25)29-12-19(24)22-20-15(4)14(3)8-9-18(20)23(26)27/h5-10,13H,11-12H2,1-4H3,(H,22,24). The molecule has 2 aromatic rings. The van der Waals surface area contributed by atoms with Gasteiger partial charge in [0.25, 0.3) is 11.6 Å². The van der Waals surface area contributed by atoms with Gasteiger partial charge >= 0.3 is 5.97 Å². The third-order valence-electron chi connectivity index (χ3n) is 4.16. The average molecular weight is 400 g/mol. The highest BCUT2D eigenvalue weighted by Crippen LogP contribution is 2.30. The van der Waals surface area contributed by atoms with Gasteiger partial charge in [-0.15, -0.1) is 0 Å². The second kappa shape index (κ2) is 9.68. The van der Waals surface area contributed by atoms with Crippen LogP contribution in [0.2, 0.25) is 0 Å². The second-order valence-electron chi connectivity index (χ2n) is 7.02. The van der Waals surface area contributed by atoms with Gasteiger partial charge in [0, 0.05) is 6.07 Å². The zero-order valence-corrected chi connectivity index (χ0v) is 16.9. The Bertz CT molecular complexity index is 923. The minimum atomic E-state index is -0.689. The molecule has 1 amide bonds. The lowest BCUT2D eigenvalue weighted by atomic mass is 10.1. The summed E-state index contributed by atoms with van der Waals surface area (Å²) in [5.74, 6) is -0.486. The molecule has 0 atom stereocenters. The molecule has 0 aromatic heterocycles. The predicted octanol–water partition coefficient (Wildman–Crippen LogP) is 4.04. The van der Waals surface area contributed by atoms with Gasteiger partial charge in [-0.05, 0) is 49.1 Å². The van der Waals surface area contributed by atoms with E-state index in [-0.39, 0.29) is 16.9 Å². The predicted molar refractivity (Wildman–Crippen MR) is 108 cm³/mol. The number of nitrogens with one attached hydrogen (secondary N) is 1. The Hall–Kier alpha value is -3.42. The Balaban J connectivity index is 2.01. The highest BCUT2D eigenvalue weighted by Gasteiger charge is 2.20. The molecule has 154 valence electrons. The molecule has 0 aliphatic carbocycles. The molecule has 2 aromatic carbocycles. The number of aryl methyl sites for hydroxylation is 1. The molecule has 0 saturated carbocycles. The van der Waals surface area contributed by atoms with Crippen LogP contribution < -0.4 is 10.1 Å². The molecule has 0 fully saturated rings. The van der Waals surface area contributed by atoms with Crippen LogP contribution >= 0.6 is 0 Å². The number of amides is 1. The molecule has 29 heavy (non-hydrogen) atoms. The van der Waals surface area contributed by atoms with Crippen molar-refractivity contribution < 1.29 is 24.0 Å². The van der Waals surface area contributed by atoms with Gasteiger partial charge in [-0.2, -0.15) is 0 Å². The number of nitrogens with zero attached hydrogens (tertiary/aromatic N) is 1. The first kappa shape index (κ1) is 21.9. The molecule has 0 spiro atoms. The maximum atomic E-state index is 12.2. The van der Waals surface area contributed by atoms with E-state index in [2.05, 4.69) is 5.32 Å². The van der Waals surface area contributed by atoms with E-state index in [0.29, 0.717) is 23.8 Å².